The van der Waals surface area contributed by atoms with Gasteiger partial charge in [-0.05, 0) is 109 Å². The fraction of sp³-hybridized carbons (Fsp3) is 0.685. The normalized spacial score (nSPS) is 12.9. The second-order valence-corrected chi connectivity index (χ2v) is 21.6. The lowest BCUT2D eigenvalue weighted by molar-refractivity contribution is -0.167. The average molecular weight is 1100 g/mol. The minimum absolute atomic E-state index is 0.0959. The topological polar surface area (TPSA) is 78.9 Å². The summed E-state index contributed by atoms with van der Waals surface area (Å²) in [5, 5.41) is 0. The van der Waals surface area contributed by atoms with Crippen molar-refractivity contribution in [2.45, 2.75) is 309 Å². The van der Waals surface area contributed by atoms with Crippen LogP contribution in [0.2, 0.25) is 0 Å². The van der Waals surface area contributed by atoms with Crippen LogP contribution in [0.1, 0.15) is 303 Å². The van der Waals surface area contributed by atoms with Crippen LogP contribution < -0.4 is 0 Å². The van der Waals surface area contributed by atoms with Crippen molar-refractivity contribution in [3.8, 4) is 0 Å². The van der Waals surface area contributed by atoms with E-state index in [2.05, 4.69) is 142 Å². The van der Waals surface area contributed by atoms with Crippen molar-refractivity contribution in [2.75, 3.05) is 13.2 Å². The van der Waals surface area contributed by atoms with Crippen molar-refractivity contribution in [3.05, 3.63) is 122 Å². The minimum atomic E-state index is -0.805. The smallest absolute Gasteiger partial charge is 0.306 e. The maximum Gasteiger partial charge on any atom is 0.306 e. The molecule has 0 N–H and O–H groups in total. The maximum atomic E-state index is 12.9. The second-order valence-electron chi connectivity index (χ2n) is 21.6. The van der Waals surface area contributed by atoms with E-state index in [1.54, 1.807) is 0 Å². The average Bonchev–Trinajstić information content (AvgIpc) is 3.45. The van der Waals surface area contributed by atoms with Crippen molar-refractivity contribution in [3.63, 3.8) is 0 Å². The molecule has 0 heterocycles. The Bertz CT molecular complexity index is 1640. The molecule has 0 aromatic heterocycles. The molecule has 0 aliphatic rings. The zero-order chi connectivity index (χ0) is 57.1. The van der Waals surface area contributed by atoms with Crippen molar-refractivity contribution < 1.29 is 28.6 Å². The molecule has 0 rings (SSSR count). The van der Waals surface area contributed by atoms with Gasteiger partial charge in [-0.3, -0.25) is 14.4 Å². The number of hydrogen-bond donors (Lipinski definition) is 0. The Morgan fingerprint density at radius 3 is 0.835 bits per heavy atom. The van der Waals surface area contributed by atoms with Gasteiger partial charge in [0.1, 0.15) is 13.2 Å². The molecule has 79 heavy (non-hydrogen) atoms. The zero-order valence-corrected chi connectivity index (χ0v) is 51.6. The van der Waals surface area contributed by atoms with Crippen molar-refractivity contribution in [1.82, 2.24) is 0 Å². The van der Waals surface area contributed by atoms with Crippen LogP contribution in [0.3, 0.4) is 0 Å². The molecule has 0 aliphatic carbocycles. The van der Waals surface area contributed by atoms with Crippen LogP contribution in [0.15, 0.2) is 122 Å². The summed E-state index contributed by atoms with van der Waals surface area (Å²) in [6.07, 6.45) is 92.1. The van der Waals surface area contributed by atoms with Crippen LogP contribution >= 0.6 is 0 Å². The number of unbranched alkanes of at least 4 members (excludes halogenated alkanes) is 28. The van der Waals surface area contributed by atoms with Crippen LogP contribution in [0.5, 0.6) is 0 Å². The van der Waals surface area contributed by atoms with Gasteiger partial charge in [0, 0.05) is 19.3 Å². The van der Waals surface area contributed by atoms with Crippen molar-refractivity contribution >= 4 is 17.9 Å². The predicted molar refractivity (Wildman–Crippen MR) is 343 cm³/mol. The number of allylic oxidation sites excluding steroid dienone is 20. The lowest BCUT2D eigenvalue weighted by atomic mass is 10.0. The van der Waals surface area contributed by atoms with Gasteiger partial charge in [0.25, 0.3) is 0 Å². The van der Waals surface area contributed by atoms with Gasteiger partial charge < -0.3 is 14.2 Å². The molecule has 0 fully saturated rings. The number of carbonyl (C=O) groups excluding carboxylic acids is 3. The molecule has 0 spiro atoms. The van der Waals surface area contributed by atoms with Gasteiger partial charge in [-0.25, -0.2) is 0 Å². The van der Waals surface area contributed by atoms with E-state index in [-0.39, 0.29) is 37.5 Å². The molecule has 0 aromatic carbocycles. The van der Waals surface area contributed by atoms with E-state index < -0.39 is 6.10 Å². The number of rotatable bonds is 59. The van der Waals surface area contributed by atoms with Crippen molar-refractivity contribution in [1.29, 1.82) is 0 Å². The zero-order valence-electron chi connectivity index (χ0n) is 51.6. The van der Waals surface area contributed by atoms with E-state index in [0.717, 1.165) is 103 Å². The van der Waals surface area contributed by atoms with E-state index in [1.807, 2.05) is 0 Å². The lowest BCUT2D eigenvalue weighted by Gasteiger charge is -2.18. The molecule has 1 unspecified atom stereocenters. The third-order valence-corrected chi connectivity index (χ3v) is 14.0. The monoisotopic (exact) mass is 1090 g/mol. The third kappa shape index (κ3) is 64.5. The number of hydrogen-bond acceptors (Lipinski definition) is 6. The van der Waals surface area contributed by atoms with Crippen molar-refractivity contribution in [2.24, 2.45) is 0 Å². The van der Waals surface area contributed by atoms with E-state index in [0.29, 0.717) is 19.3 Å². The van der Waals surface area contributed by atoms with Gasteiger partial charge in [-0.2, -0.15) is 0 Å². The summed E-state index contributed by atoms with van der Waals surface area (Å²) in [5.74, 6) is -0.953. The highest BCUT2D eigenvalue weighted by Crippen LogP contribution is 2.16. The van der Waals surface area contributed by atoms with Gasteiger partial charge in [-0.1, -0.05) is 296 Å². The molecule has 0 radical (unpaired) electrons. The summed E-state index contributed by atoms with van der Waals surface area (Å²) in [4.78, 5) is 38.3. The SMILES string of the molecule is CC/C=C\C/C=C\C/C=C\C/C=C\C/C=C\C/C=C\C/C=C\C/C=C\C/C=C\CCCC(=O)OCC(COC(=O)CCCCCCCCCCCCCCC)OC(=O)CCCCCCCCCCC/C=C\CCCCCCCC. The predicted octanol–water partition coefficient (Wildman–Crippen LogP) is 22.8. The van der Waals surface area contributed by atoms with Gasteiger partial charge in [0.2, 0.25) is 0 Å². The molecule has 0 aliphatic heterocycles. The quantitative estimate of drug-likeness (QED) is 0.0261. The third-order valence-electron chi connectivity index (χ3n) is 14.0. The summed E-state index contributed by atoms with van der Waals surface area (Å²) in [6, 6.07) is 0. The summed E-state index contributed by atoms with van der Waals surface area (Å²) < 4.78 is 16.9. The van der Waals surface area contributed by atoms with E-state index in [4.69, 9.17) is 14.2 Å². The highest BCUT2D eigenvalue weighted by Gasteiger charge is 2.19. The second kappa shape index (κ2) is 66.3. The summed E-state index contributed by atoms with van der Waals surface area (Å²) in [7, 11) is 0. The molecule has 1 atom stereocenters. The maximum absolute atomic E-state index is 12.9. The molecule has 450 valence electrons. The number of esters is 3. The fourth-order valence-electron chi connectivity index (χ4n) is 9.03. The molecule has 0 saturated heterocycles. The van der Waals surface area contributed by atoms with Gasteiger partial charge in [0.05, 0.1) is 0 Å². The number of carbonyl (C=O) groups is 3. The molecule has 0 aromatic rings. The standard InChI is InChI=1S/C73H122O6/c1-4-7-10-13-16-19-22-25-27-29-31-32-33-34-35-36-37-38-39-40-42-43-45-48-51-54-57-60-63-66-72(75)78-69-70(68-77-71(74)65-62-59-56-53-50-47-24-21-18-15-12-9-6-3)79-73(76)67-64-61-58-55-52-49-46-44-41-30-28-26-23-20-17-14-11-8-5-2/h7,10,16,19,25-28,31-32,34-35,37-38,40,42,45,48,54,57,70H,4-6,8-9,11-15,17-18,20-24,29-30,33,36,39,41,43-44,46-47,49-53,55-56,58-69H2,1-3H3/b10-7-,19-16-,27-25-,28-26-,32-31-,35-34-,38-37-,42-40-,48-45-,57-54-. The minimum Gasteiger partial charge on any atom is -0.462 e. The molecule has 6 nitrogen and oxygen atoms in total. The Balaban J connectivity index is 4.43. The first-order valence-electron chi connectivity index (χ1n) is 33.0. The first kappa shape index (κ1) is 74.8. The van der Waals surface area contributed by atoms with Crippen LogP contribution in [0.4, 0.5) is 0 Å². The number of ether oxygens (including phenoxy) is 3. The Morgan fingerprint density at radius 2 is 0.506 bits per heavy atom. The van der Waals surface area contributed by atoms with E-state index in [9.17, 15) is 14.4 Å². The summed E-state index contributed by atoms with van der Waals surface area (Å²) in [6.45, 7) is 6.49. The Hall–Kier alpha value is -4.19. The lowest BCUT2D eigenvalue weighted by Crippen LogP contribution is -2.30. The van der Waals surface area contributed by atoms with Crippen LogP contribution in [-0.4, -0.2) is 37.2 Å². The highest BCUT2D eigenvalue weighted by atomic mass is 16.6. The molecular weight excluding hydrogens is 973 g/mol. The Kier molecular flexibility index (Phi) is 62.8. The molecule has 0 amide bonds. The Labute approximate surface area is 488 Å². The van der Waals surface area contributed by atoms with Gasteiger partial charge >= 0.3 is 17.9 Å². The van der Waals surface area contributed by atoms with Gasteiger partial charge in [0.15, 0.2) is 6.10 Å². The van der Waals surface area contributed by atoms with Gasteiger partial charge in [-0.15, -0.1) is 0 Å². The molecular formula is C73H122O6. The molecule has 0 saturated carbocycles. The first-order chi connectivity index (χ1) is 39.0. The Morgan fingerprint density at radius 1 is 0.266 bits per heavy atom. The van der Waals surface area contributed by atoms with Crippen LogP contribution in [0, 0.1) is 0 Å². The van der Waals surface area contributed by atoms with Crippen LogP contribution in [0.25, 0.3) is 0 Å². The summed E-state index contributed by atoms with van der Waals surface area (Å²) in [5.41, 5.74) is 0. The first-order valence-corrected chi connectivity index (χ1v) is 33.0. The molecule has 0 bridgehead atoms. The largest absolute Gasteiger partial charge is 0.462 e. The van der Waals surface area contributed by atoms with E-state index >= 15 is 0 Å². The summed E-state index contributed by atoms with van der Waals surface area (Å²) >= 11 is 0. The van der Waals surface area contributed by atoms with Crippen LogP contribution in [-0.2, 0) is 28.6 Å². The fourth-order valence-corrected chi connectivity index (χ4v) is 9.03. The highest BCUT2D eigenvalue weighted by molar-refractivity contribution is 5.71. The molecule has 6 heteroatoms. The van der Waals surface area contributed by atoms with E-state index in [1.165, 1.54) is 154 Å².